The number of carbonyl (C=O) groups excluding carboxylic acids is 1. The molecule has 0 aliphatic rings. The minimum absolute atomic E-state index is 0.0364. The Bertz CT molecular complexity index is 1150. The molecule has 0 aliphatic heterocycles. The molecule has 0 unspecified atom stereocenters. The summed E-state index contributed by atoms with van der Waals surface area (Å²) in [6, 6.07) is 19.0. The van der Waals surface area contributed by atoms with Gasteiger partial charge in [0.2, 0.25) is 5.91 Å². The summed E-state index contributed by atoms with van der Waals surface area (Å²) in [6.07, 6.45) is 3.23. The van der Waals surface area contributed by atoms with Gasteiger partial charge in [0.25, 0.3) is 0 Å². The summed E-state index contributed by atoms with van der Waals surface area (Å²) in [5.41, 5.74) is 3.77. The summed E-state index contributed by atoms with van der Waals surface area (Å²) in [6.45, 7) is 6.85. The average Bonchev–Trinajstić information content (AvgIpc) is 2.78. The van der Waals surface area contributed by atoms with E-state index in [0.717, 1.165) is 21.3 Å². The summed E-state index contributed by atoms with van der Waals surface area (Å²) in [5, 5.41) is 3.59. The smallest absolute Gasteiger partial charge is 0.248 e. The topological polar surface area (TPSA) is 47.6 Å². The van der Waals surface area contributed by atoms with Gasteiger partial charge in [-0.3, -0.25) is 4.79 Å². The molecule has 0 saturated heterocycles. The van der Waals surface area contributed by atoms with Crippen LogP contribution in [-0.2, 0) is 16.8 Å². The largest absolute Gasteiger partial charge is 0.493 e. The van der Waals surface area contributed by atoms with E-state index in [4.69, 9.17) is 21.1 Å². The molecule has 0 aromatic heterocycles. The minimum Gasteiger partial charge on any atom is -0.493 e. The van der Waals surface area contributed by atoms with Crippen LogP contribution in [0.3, 0.4) is 0 Å². The Hall–Kier alpha value is -2.76. The van der Waals surface area contributed by atoms with Gasteiger partial charge < -0.3 is 14.8 Å². The third-order valence-corrected chi connectivity index (χ3v) is 5.92. The van der Waals surface area contributed by atoms with Gasteiger partial charge in [-0.1, -0.05) is 56.6 Å². The highest BCUT2D eigenvalue weighted by molar-refractivity contribution is 9.10. The maximum atomic E-state index is 12.4. The zero-order valence-corrected chi connectivity index (χ0v) is 21.5. The van der Waals surface area contributed by atoms with Gasteiger partial charge in [-0.25, -0.2) is 0 Å². The first-order valence-electron chi connectivity index (χ1n) is 10.5. The van der Waals surface area contributed by atoms with Crippen molar-refractivity contribution in [2.75, 3.05) is 12.4 Å². The second kappa shape index (κ2) is 10.9. The molecule has 1 N–H and O–H groups in total. The summed E-state index contributed by atoms with van der Waals surface area (Å²) in [7, 11) is 1.59. The van der Waals surface area contributed by atoms with Crippen LogP contribution < -0.4 is 14.8 Å². The first-order chi connectivity index (χ1) is 15.7. The molecule has 4 nitrogen and oxygen atoms in total. The monoisotopic (exact) mass is 527 g/mol. The third kappa shape index (κ3) is 7.11. The number of carbonyl (C=O) groups is 1. The van der Waals surface area contributed by atoms with E-state index in [2.05, 4.69) is 42.0 Å². The van der Waals surface area contributed by atoms with Gasteiger partial charge in [-0.2, -0.15) is 0 Å². The molecule has 3 aromatic rings. The minimum atomic E-state index is -0.221. The average molecular weight is 529 g/mol. The first kappa shape index (κ1) is 24.9. The Kier molecular flexibility index (Phi) is 8.22. The fourth-order valence-electron chi connectivity index (χ4n) is 3.08. The van der Waals surface area contributed by atoms with Crippen molar-refractivity contribution in [3.8, 4) is 11.5 Å². The molecule has 0 bridgehead atoms. The van der Waals surface area contributed by atoms with Gasteiger partial charge in [-0.15, -0.1) is 0 Å². The normalized spacial score (nSPS) is 11.5. The Morgan fingerprint density at radius 1 is 1.03 bits per heavy atom. The molecular weight excluding hydrogens is 502 g/mol. The highest BCUT2D eigenvalue weighted by Gasteiger charge is 2.15. The van der Waals surface area contributed by atoms with Crippen LogP contribution in [-0.4, -0.2) is 13.0 Å². The summed E-state index contributed by atoms with van der Waals surface area (Å²) in [4.78, 5) is 12.4. The molecule has 3 aromatic carbocycles. The molecule has 0 heterocycles. The van der Waals surface area contributed by atoms with Gasteiger partial charge in [-0.05, 0) is 80.5 Å². The SMILES string of the molecule is COc1cc(/C=C/C(=O)Nc2ccc(C(C)(C)C)cc2Br)ccc1OCc1ccc(Cl)cc1. The summed E-state index contributed by atoms with van der Waals surface area (Å²) >= 11 is 9.47. The molecule has 33 heavy (non-hydrogen) atoms. The highest BCUT2D eigenvalue weighted by Crippen LogP contribution is 2.31. The maximum Gasteiger partial charge on any atom is 0.248 e. The van der Waals surface area contributed by atoms with Crippen molar-refractivity contribution < 1.29 is 14.3 Å². The van der Waals surface area contributed by atoms with Gasteiger partial charge in [0.1, 0.15) is 6.61 Å². The van der Waals surface area contributed by atoms with E-state index < -0.39 is 0 Å². The number of halogens is 2. The van der Waals surface area contributed by atoms with Gasteiger partial charge in [0.15, 0.2) is 11.5 Å². The number of ether oxygens (including phenoxy) is 2. The predicted octanol–water partition coefficient (Wildman–Crippen LogP) is 7.64. The third-order valence-electron chi connectivity index (χ3n) is 5.02. The van der Waals surface area contributed by atoms with Crippen LogP contribution in [0.15, 0.2) is 71.2 Å². The zero-order valence-electron chi connectivity index (χ0n) is 19.1. The van der Waals surface area contributed by atoms with Crippen LogP contribution in [0.5, 0.6) is 11.5 Å². The number of anilines is 1. The fourth-order valence-corrected chi connectivity index (χ4v) is 3.68. The maximum absolute atomic E-state index is 12.4. The number of benzene rings is 3. The van der Waals surface area contributed by atoms with Crippen molar-refractivity contribution in [3.63, 3.8) is 0 Å². The molecule has 0 saturated carbocycles. The Morgan fingerprint density at radius 3 is 2.39 bits per heavy atom. The highest BCUT2D eigenvalue weighted by atomic mass is 79.9. The number of nitrogens with one attached hydrogen (secondary N) is 1. The Labute approximate surface area is 208 Å². The van der Waals surface area contributed by atoms with Crippen LogP contribution >= 0.6 is 27.5 Å². The van der Waals surface area contributed by atoms with Crippen molar-refractivity contribution >= 4 is 45.2 Å². The van der Waals surface area contributed by atoms with E-state index in [1.165, 1.54) is 11.6 Å². The molecule has 0 radical (unpaired) electrons. The van der Waals surface area contributed by atoms with Crippen molar-refractivity contribution in [1.82, 2.24) is 0 Å². The standard InChI is InChI=1S/C27H27BrClNO3/c1-27(2,3)20-9-12-23(22(28)16-20)30-26(31)14-8-18-7-13-24(25(15-18)32-4)33-17-19-5-10-21(29)11-6-19/h5-16H,17H2,1-4H3,(H,30,31)/b14-8+. The quantitative estimate of drug-likeness (QED) is 0.321. The van der Waals surface area contributed by atoms with E-state index in [1.54, 1.807) is 13.2 Å². The molecular formula is C27H27BrClNO3. The second-order valence-electron chi connectivity index (χ2n) is 8.59. The Morgan fingerprint density at radius 2 is 1.76 bits per heavy atom. The van der Waals surface area contributed by atoms with E-state index in [9.17, 15) is 4.79 Å². The molecule has 0 spiro atoms. The lowest BCUT2D eigenvalue weighted by molar-refractivity contribution is -0.111. The van der Waals surface area contributed by atoms with Crippen LogP contribution in [0.25, 0.3) is 6.08 Å². The summed E-state index contributed by atoms with van der Waals surface area (Å²) in [5.74, 6) is 0.991. The molecule has 6 heteroatoms. The van der Waals surface area contributed by atoms with E-state index >= 15 is 0 Å². The fraction of sp³-hybridized carbons (Fsp3) is 0.222. The molecule has 3 rings (SSSR count). The van der Waals surface area contributed by atoms with E-state index in [-0.39, 0.29) is 11.3 Å². The second-order valence-corrected chi connectivity index (χ2v) is 9.88. The van der Waals surface area contributed by atoms with Gasteiger partial charge in [0.05, 0.1) is 12.8 Å². The zero-order chi connectivity index (χ0) is 24.0. The first-order valence-corrected chi connectivity index (χ1v) is 11.7. The number of rotatable bonds is 7. The number of hydrogen-bond donors (Lipinski definition) is 1. The predicted molar refractivity (Wildman–Crippen MR) is 139 cm³/mol. The molecule has 172 valence electrons. The Balaban J connectivity index is 1.64. The van der Waals surface area contributed by atoms with Crippen LogP contribution in [0.1, 0.15) is 37.5 Å². The van der Waals surface area contributed by atoms with Crippen LogP contribution in [0.2, 0.25) is 5.02 Å². The lowest BCUT2D eigenvalue weighted by Crippen LogP contribution is -2.12. The number of amides is 1. The van der Waals surface area contributed by atoms with Gasteiger partial charge >= 0.3 is 0 Å². The van der Waals surface area contributed by atoms with Crippen LogP contribution in [0, 0.1) is 0 Å². The van der Waals surface area contributed by atoms with Gasteiger partial charge in [0, 0.05) is 15.6 Å². The van der Waals surface area contributed by atoms with Crippen molar-refractivity contribution in [2.45, 2.75) is 32.8 Å². The van der Waals surface area contributed by atoms with E-state index in [0.29, 0.717) is 23.1 Å². The van der Waals surface area contributed by atoms with Crippen molar-refractivity contribution in [2.24, 2.45) is 0 Å². The summed E-state index contributed by atoms with van der Waals surface area (Å²) < 4.78 is 12.2. The number of hydrogen-bond acceptors (Lipinski definition) is 3. The molecule has 0 atom stereocenters. The van der Waals surface area contributed by atoms with Crippen molar-refractivity contribution in [3.05, 3.63) is 92.9 Å². The molecule has 0 aliphatic carbocycles. The lowest BCUT2D eigenvalue weighted by atomic mass is 9.87. The van der Waals surface area contributed by atoms with Crippen LogP contribution in [0.4, 0.5) is 5.69 Å². The molecule has 1 amide bonds. The number of methoxy groups -OCH3 is 1. The lowest BCUT2D eigenvalue weighted by Gasteiger charge is -2.20. The van der Waals surface area contributed by atoms with E-state index in [1.807, 2.05) is 60.7 Å². The van der Waals surface area contributed by atoms with Crippen molar-refractivity contribution in [1.29, 1.82) is 0 Å². The molecule has 0 fully saturated rings.